The predicted molar refractivity (Wildman–Crippen MR) is 96.7 cm³/mol. The third-order valence-corrected chi connectivity index (χ3v) is 3.54. The molecule has 0 aliphatic carbocycles. The van der Waals surface area contributed by atoms with Crippen LogP contribution in [-0.2, 0) is 11.8 Å². The molecule has 140 valence electrons. The van der Waals surface area contributed by atoms with E-state index in [0.29, 0.717) is 0 Å². The molecule has 0 saturated heterocycles. The van der Waals surface area contributed by atoms with Gasteiger partial charge in [0, 0.05) is 30.0 Å². The highest BCUT2D eigenvalue weighted by atomic mass is 19.1. The fourth-order valence-corrected chi connectivity index (χ4v) is 2.33. The molecule has 0 bridgehead atoms. The van der Waals surface area contributed by atoms with Gasteiger partial charge in [-0.1, -0.05) is 0 Å². The van der Waals surface area contributed by atoms with Crippen LogP contribution in [0, 0.1) is 17.1 Å². The first kappa shape index (κ1) is 19.8. The first-order valence-corrected chi connectivity index (χ1v) is 8.06. The molecule has 2 amide bonds. The Balaban J connectivity index is 2.20. The first-order valence-electron chi connectivity index (χ1n) is 8.06. The molecule has 0 radical (unpaired) electrons. The topological polar surface area (TPSA) is 104 Å². The molecule has 2 rings (SSSR count). The largest absolute Gasteiger partial charge is 0.346 e. The number of Topliss-reactive ketones (excluding diaryl/α,β-unsaturated/α-hetero) is 1. The molecular formula is C19H19FN4O3. The third-order valence-electron chi connectivity index (χ3n) is 3.54. The minimum atomic E-state index is -0.766. The van der Waals surface area contributed by atoms with E-state index in [1.165, 1.54) is 29.0 Å². The van der Waals surface area contributed by atoms with E-state index in [2.05, 4.69) is 10.6 Å². The van der Waals surface area contributed by atoms with Crippen LogP contribution in [0.25, 0.3) is 0 Å². The van der Waals surface area contributed by atoms with Crippen LogP contribution in [0.4, 0.5) is 10.1 Å². The van der Waals surface area contributed by atoms with Crippen molar-refractivity contribution in [3.05, 3.63) is 53.1 Å². The molecule has 1 aromatic heterocycles. The number of benzene rings is 1. The SMILES string of the molecule is Cn1cc(C(=O)C(=O)NC(C)(C)C)cc1C(=O)Nc1ccc(F)c(C#N)c1. The zero-order valence-electron chi connectivity index (χ0n) is 15.4. The van der Waals surface area contributed by atoms with Gasteiger partial charge in [0.2, 0.25) is 0 Å². The molecule has 27 heavy (non-hydrogen) atoms. The number of nitrogens with one attached hydrogen (secondary N) is 2. The Morgan fingerprint density at radius 3 is 2.44 bits per heavy atom. The number of amides is 2. The second-order valence-electron chi connectivity index (χ2n) is 7.02. The number of hydrogen-bond donors (Lipinski definition) is 2. The second-order valence-corrected chi connectivity index (χ2v) is 7.02. The Bertz CT molecular complexity index is 964. The van der Waals surface area contributed by atoms with Crippen molar-refractivity contribution in [2.24, 2.45) is 7.05 Å². The van der Waals surface area contributed by atoms with Gasteiger partial charge in [0.15, 0.2) is 0 Å². The molecule has 0 saturated carbocycles. The fourth-order valence-electron chi connectivity index (χ4n) is 2.33. The van der Waals surface area contributed by atoms with Crippen LogP contribution in [0.3, 0.4) is 0 Å². The molecule has 7 nitrogen and oxygen atoms in total. The van der Waals surface area contributed by atoms with E-state index in [1.54, 1.807) is 33.9 Å². The number of carbonyl (C=O) groups excluding carboxylic acids is 3. The molecule has 0 spiro atoms. The van der Waals surface area contributed by atoms with Crippen molar-refractivity contribution >= 4 is 23.3 Å². The van der Waals surface area contributed by atoms with Gasteiger partial charge in [0.1, 0.15) is 17.6 Å². The summed E-state index contributed by atoms with van der Waals surface area (Å²) >= 11 is 0. The van der Waals surface area contributed by atoms with Gasteiger partial charge in [0.05, 0.1) is 5.56 Å². The van der Waals surface area contributed by atoms with Crippen LogP contribution in [0.15, 0.2) is 30.5 Å². The molecule has 2 aromatic rings. The lowest BCUT2D eigenvalue weighted by Gasteiger charge is -2.19. The number of aromatic nitrogens is 1. The van der Waals surface area contributed by atoms with Crippen LogP contribution >= 0.6 is 0 Å². The van der Waals surface area contributed by atoms with E-state index in [4.69, 9.17) is 5.26 Å². The Morgan fingerprint density at radius 2 is 1.85 bits per heavy atom. The van der Waals surface area contributed by atoms with Crippen LogP contribution in [0.2, 0.25) is 0 Å². The van der Waals surface area contributed by atoms with Gasteiger partial charge in [0.25, 0.3) is 17.6 Å². The highest BCUT2D eigenvalue weighted by Gasteiger charge is 2.24. The van der Waals surface area contributed by atoms with Crippen molar-refractivity contribution < 1.29 is 18.8 Å². The van der Waals surface area contributed by atoms with Crippen LogP contribution in [-0.4, -0.2) is 27.7 Å². The summed E-state index contributed by atoms with van der Waals surface area (Å²) in [4.78, 5) is 36.7. The molecule has 0 aliphatic rings. The summed E-state index contributed by atoms with van der Waals surface area (Å²) in [6, 6.07) is 6.59. The Labute approximate surface area is 155 Å². The molecule has 0 fully saturated rings. The minimum Gasteiger partial charge on any atom is -0.346 e. The van der Waals surface area contributed by atoms with E-state index in [9.17, 15) is 18.8 Å². The van der Waals surface area contributed by atoms with Crippen LogP contribution < -0.4 is 10.6 Å². The summed E-state index contributed by atoms with van der Waals surface area (Å²) in [6.45, 7) is 5.25. The summed E-state index contributed by atoms with van der Waals surface area (Å²) in [5, 5.41) is 14.0. The lowest BCUT2D eigenvalue weighted by atomic mass is 10.1. The zero-order chi connectivity index (χ0) is 20.4. The van der Waals surface area contributed by atoms with Gasteiger partial charge in [-0.3, -0.25) is 14.4 Å². The number of nitriles is 1. The minimum absolute atomic E-state index is 0.0706. The smallest absolute Gasteiger partial charge is 0.292 e. The lowest BCUT2D eigenvalue weighted by Crippen LogP contribution is -2.44. The summed E-state index contributed by atoms with van der Waals surface area (Å²) in [5.74, 6) is -2.78. The highest BCUT2D eigenvalue weighted by Crippen LogP contribution is 2.16. The molecular weight excluding hydrogens is 351 g/mol. The van der Waals surface area contributed by atoms with E-state index in [-0.39, 0.29) is 22.5 Å². The predicted octanol–water partition coefficient (Wildman–Crippen LogP) is 2.39. The quantitative estimate of drug-likeness (QED) is 0.637. The van der Waals surface area contributed by atoms with Crippen molar-refractivity contribution in [3.63, 3.8) is 0 Å². The zero-order valence-corrected chi connectivity index (χ0v) is 15.4. The van der Waals surface area contributed by atoms with E-state index in [1.807, 2.05) is 0 Å². The number of aryl methyl sites for hydroxylation is 1. The number of rotatable bonds is 4. The molecule has 0 unspecified atom stereocenters. The number of halogens is 1. The average Bonchev–Trinajstić information content (AvgIpc) is 2.96. The highest BCUT2D eigenvalue weighted by molar-refractivity contribution is 6.43. The van der Waals surface area contributed by atoms with Crippen molar-refractivity contribution in [1.29, 1.82) is 5.26 Å². The maximum atomic E-state index is 13.4. The summed E-state index contributed by atoms with van der Waals surface area (Å²) in [7, 11) is 1.55. The number of carbonyl (C=O) groups is 3. The molecule has 0 atom stereocenters. The lowest BCUT2D eigenvalue weighted by molar-refractivity contribution is -0.118. The molecule has 2 N–H and O–H groups in total. The van der Waals surface area contributed by atoms with Gasteiger partial charge in [-0.15, -0.1) is 0 Å². The maximum Gasteiger partial charge on any atom is 0.292 e. The number of ketones is 1. The van der Waals surface area contributed by atoms with Gasteiger partial charge in [-0.25, -0.2) is 4.39 Å². The fraction of sp³-hybridized carbons (Fsp3) is 0.263. The van der Waals surface area contributed by atoms with Crippen LogP contribution in [0.5, 0.6) is 0 Å². The standard InChI is InChI=1S/C19H19FN4O3/c1-19(2,3)23-18(27)16(25)12-8-15(24(4)10-12)17(26)22-13-5-6-14(20)11(7-13)9-21/h5-8,10H,1-4H3,(H,22,26)(H,23,27). The number of nitrogens with zero attached hydrogens (tertiary/aromatic N) is 2. The molecule has 0 aliphatic heterocycles. The Kier molecular flexibility index (Phi) is 5.45. The monoisotopic (exact) mass is 370 g/mol. The summed E-state index contributed by atoms with van der Waals surface area (Å²) < 4.78 is 14.8. The Morgan fingerprint density at radius 1 is 1.19 bits per heavy atom. The van der Waals surface area contributed by atoms with Gasteiger partial charge in [-0.05, 0) is 45.0 Å². The van der Waals surface area contributed by atoms with Gasteiger partial charge >= 0.3 is 0 Å². The van der Waals surface area contributed by atoms with Crippen molar-refractivity contribution in [2.45, 2.75) is 26.3 Å². The maximum absolute atomic E-state index is 13.4. The third kappa shape index (κ3) is 4.79. The van der Waals surface area contributed by atoms with Crippen molar-refractivity contribution in [1.82, 2.24) is 9.88 Å². The average molecular weight is 370 g/mol. The van der Waals surface area contributed by atoms with E-state index >= 15 is 0 Å². The molecule has 8 heteroatoms. The van der Waals surface area contributed by atoms with E-state index < -0.39 is 29.0 Å². The van der Waals surface area contributed by atoms with E-state index in [0.717, 1.165) is 6.07 Å². The second kappa shape index (κ2) is 7.41. The van der Waals surface area contributed by atoms with Crippen molar-refractivity contribution in [3.8, 4) is 6.07 Å². The first-order chi connectivity index (χ1) is 12.5. The van der Waals surface area contributed by atoms with Crippen LogP contribution in [0.1, 0.15) is 47.2 Å². The molecule has 1 aromatic carbocycles. The van der Waals surface area contributed by atoms with Gasteiger partial charge in [-0.2, -0.15) is 5.26 Å². The van der Waals surface area contributed by atoms with Crippen molar-refractivity contribution in [2.75, 3.05) is 5.32 Å². The normalized spacial score (nSPS) is 10.8. The summed E-state index contributed by atoms with van der Waals surface area (Å²) in [5.41, 5.74) is -0.333. The Hall–Kier alpha value is -3.47. The number of hydrogen-bond acceptors (Lipinski definition) is 4. The summed E-state index contributed by atoms with van der Waals surface area (Å²) in [6.07, 6.45) is 1.38. The number of anilines is 1. The molecule has 1 heterocycles. The van der Waals surface area contributed by atoms with Gasteiger partial charge < -0.3 is 15.2 Å².